The number of ether oxygens (including phenoxy) is 1. The van der Waals surface area contributed by atoms with Crippen LogP contribution in [0.3, 0.4) is 0 Å². The molecular formula is C19H21N3O2. The number of nitriles is 1. The highest BCUT2D eigenvalue weighted by Gasteiger charge is 2.31. The summed E-state index contributed by atoms with van der Waals surface area (Å²) in [5, 5.41) is 19.2. The van der Waals surface area contributed by atoms with Crippen molar-refractivity contribution in [2.45, 2.75) is 38.2 Å². The topological polar surface area (TPSA) is 92.2 Å². The summed E-state index contributed by atoms with van der Waals surface area (Å²) in [6.45, 7) is 4.78. The summed E-state index contributed by atoms with van der Waals surface area (Å²) in [5.74, 6) is 0.605. The third-order valence-corrected chi connectivity index (χ3v) is 4.47. The summed E-state index contributed by atoms with van der Waals surface area (Å²) in [6.07, 6.45) is 1.67. The van der Waals surface area contributed by atoms with Crippen molar-refractivity contribution in [3.05, 3.63) is 41.5 Å². The first kappa shape index (κ1) is 16.3. The molecule has 2 aromatic rings. The van der Waals surface area contributed by atoms with Crippen LogP contribution in [0.4, 0.5) is 5.82 Å². The van der Waals surface area contributed by atoms with Crippen LogP contribution in [0, 0.1) is 11.3 Å². The average Bonchev–Trinajstić information content (AvgIpc) is 2.53. The van der Waals surface area contributed by atoms with Gasteiger partial charge in [-0.25, -0.2) is 4.98 Å². The van der Waals surface area contributed by atoms with Crippen LogP contribution in [-0.2, 0) is 4.74 Å². The molecule has 0 saturated carbocycles. The Labute approximate surface area is 141 Å². The Kier molecular flexibility index (Phi) is 4.16. The zero-order chi connectivity index (χ0) is 17.3. The quantitative estimate of drug-likeness (QED) is 0.881. The molecule has 1 aliphatic rings. The molecule has 124 valence electrons. The molecule has 1 aromatic carbocycles. The fourth-order valence-electron chi connectivity index (χ4n) is 3.34. The smallest absolute Gasteiger partial charge is 0.142 e. The molecule has 1 aromatic heterocycles. The van der Waals surface area contributed by atoms with Gasteiger partial charge in [0, 0.05) is 12.2 Å². The van der Waals surface area contributed by atoms with Gasteiger partial charge in [0.25, 0.3) is 0 Å². The number of aromatic nitrogens is 1. The van der Waals surface area contributed by atoms with Gasteiger partial charge in [0.15, 0.2) is 0 Å². The van der Waals surface area contributed by atoms with Crippen LogP contribution in [0.2, 0.25) is 0 Å². The van der Waals surface area contributed by atoms with Gasteiger partial charge in [0.2, 0.25) is 0 Å². The van der Waals surface area contributed by atoms with Crippen LogP contribution >= 0.6 is 0 Å². The molecule has 1 aliphatic heterocycles. The van der Waals surface area contributed by atoms with Crippen molar-refractivity contribution >= 4 is 5.82 Å². The second-order valence-corrected chi connectivity index (χ2v) is 6.82. The highest BCUT2D eigenvalue weighted by molar-refractivity contribution is 5.67. The van der Waals surface area contributed by atoms with Crippen molar-refractivity contribution in [1.82, 2.24) is 4.98 Å². The first-order valence-corrected chi connectivity index (χ1v) is 8.03. The third kappa shape index (κ3) is 3.19. The van der Waals surface area contributed by atoms with Crippen molar-refractivity contribution in [2.24, 2.45) is 0 Å². The fourth-order valence-corrected chi connectivity index (χ4v) is 3.34. The lowest BCUT2D eigenvalue weighted by molar-refractivity contribution is -0.0593. The van der Waals surface area contributed by atoms with Gasteiger partial charge in [-0.05, 0) is 56.4 Å². The van der Waals surface area contributed by atoms with Crippen molar-refractivity contribution in [2.75, 3.05) is 12.3 Å². The van der Waals surface area contributed by atoms with E-state index in [1.54, 1.807) is 18.2 Å². The van der Waals surface area contributed by atoms with E-state index in [0.717, 1.165) is 24.0 Å². The number of hydrogen-bond donors (Lipinski definition) is 2. The van der Waals surface area contributed by atoms with Crippen molar-refractivity contribution in [1.29, 1.82) is 5.26 Å². The number of nitrogen functional groups attached to an aromatic ring is 1. The Morgan fingerprint density at radius 2 is 2.17 bits per heavy atom. The van der Waals surface area contributed by atoms with Crippen LogP contribution in [0.15, 0.2) is 30.3 Å². The molecule has 3 N–H and O–H groups in total. The number of nitrogens with two attached hydrogens (primary N) is 1. The number of rotatable bonds is 2. The van der Waals surface area contributed by atoms with E-state index >= 15 is 0 Å². The molecule has 1 atom stereocenters. The first-order chi connectivity index (χ1) is 11.4. The molecule has 0 amide bonds. The summed E-state index contributed by atoms with van der Waals surface area (Å²) < 4.78 is 5.79. The van der Waals surface area contributed by atoms with Crippen LogP contribution in [0.25, 0.3) is 11.3 Å². The van der Waals surface area contributed by atoms with Gasteiger partial charge >= 0.3 is 0 Å². The van der Waals surface area contributed by atoms with Gasteiger partial charge in [-0.2, -0.15) is 5.26 Å². The summed E-state index contributed by atoms with van der Waals surface area (Å²) in [4.78, 5) is 4.36. The molecule has 0 unspecified atom stereocenters. The molecule has 0 bridgehead atoms. The summed E-state index contributed by atoms with van der Waals surface area (Å²) in [7, 11) is 0. The maximum absolute atomic E-state index is 9.70. The second-order valence-electron chi connectivity index (χ2n) is 6.82. The molecule has 3 rings (SSSR count). The van der Waals surface area contributed by atoms with E-state index in [9.17, 15) is 10.4 Å². The summed E-state index contributed by atoms with van der Waals surface area (Å²) in [5.41, 5.74) is 8.64. The molecule has 0 aliphatic carbocycles. The van der Waals surface area contributed by atoms with Crippen molar-refractivity contribution in [3.8, 4) is 23.1 Å². The van der Waals surface area contributed by atoms with E-state index in [4.69, 9.17) is 10.5 Å². The summed E-state index contributed by atoms with van der Waals surface area (Å²) in [6, 6.07) is 11.0. The molecule has 1 fully saturated rings. The van der Waals surface area contributed by atoms with Crippen LogP contribution in [0.5, 0.6) is 5.75 Å². The number of anilines is 1. The zero-order valence-electron chi connectivity index (χ0n) is 13.9. The number of phenolic OH excluding ortho intramolecular Hbond substituents is 1. The Hall–Kier alpha value is -2.58. The Bertz CT molecular complexity index is 809. The van der Waals surface area contributed by atoms with Crippen LogP contribution < -0.4 is 5.73 Å². The van der Waals surface area contributed by atoms with Gasteiger partial charge in [0.05, 0.1) is 16.9 Å². The van der Waals surface area contributed by atoms with Gasteiger partial charge in [-0.1, -0.05) is 12.1 Å². The SMILES string of the molecule is CC1(C)C[C@H](c2cc(-c3cccc(O)c3)nc(N)c2C#N)CCO1. The molecule has 1 saturated heterocycles. The average molecular weight is 323 g/mol. The number of aromatic hydroxyl groups is 1. The molecular weight excluding hydrogens is 302 g/mol. The van der Waals surface area contributed by atoms with E-state index in [-0.39, 0.29) is 23.1 Å². The van der Waals surface area contributed by atoms with E-state index < -0.39 is 0 Å². The Morgan fingerprint density at radius 1 is 1.38 bits per heavy atom. The highest BCUT2D eigenvalue weighted by Crippen LogP contribution is 2.39. The van der Waals surface area contributed by atoms with Gasteiger partial charge in [-0.3, -0.25) is 0 Å². The second kappa shape index (κ2) is 6.14. The molecule has 2 heterocycles. The Morgan fingerprint density at radius 3 is 2.83 bits per heavy atom. The third-order valence-electron chi connectivity index (χ3n) is 4.47. The standard InChI is InChI=1S/C19H21N3O2/c1-19(2)10-13(6-7-24-19)15-9-17(22-18(21)16(15)11-20)12-4-3-5-14(23)8-12/h3-5,8-9,13,23H,6-7,10H2,1-2H3,(H2,21,22)/t13-/m1/s1. The van der Waals surface area contributed by atoms with Crippen LogP contribution in [0.1, 0.15) is 43.7 Å². The lowest BCUT2D eigenvalue weighted by atomic mass is 9.81. The molecule has 0 spiro atoms. The maximum Gasteiger partial charge on any atom is 0.142 e. The predicted octanol–water partition coefficient (Wildman–Crippen LogP) is 3.58. The van der Waals surface area contributed by atoms with Gasteiger partial charge in [-0.15, -0.1) is 0 Å². The van der Waals surface area contributed by atoms with E-state index in [0.29, 0.717) is 17.9 Å². The molecule has 5 heteroatoms. The predicted molar refractivity (Wildman–Crippen MR) is 92.5 cm³/mol. The minimum absolute atomic E-state index is 0.172. The largest absolute Gasteiger partial charge is 0.508 e. The number of benzene rings is 1. The first-order valence-electron chi connectivity index (χ1n) is 8.03. The minimum atomic E-state index is -0.223. The monoisotopic (exact) mass is 323 g/mol. The maximum atomic E-state index is 9.70. The number of phenols is 1. The minimum Gasteiger partial charge on any atom is -0.508 e. The zero-order valence-corrected chi connectivity index (χ0v) is 13.9. The van der Waals surface area contributed by atoms with Gasteiger partial charge < -0.3 is 15.6 Å². The lowest BCUT2D eigenvalue weighted by Crippen LogP contribution is -2.33. The van der Waals surface area contributed by atoms with E-state index in [1.165, 1.54) is 0 Å². The normalized spacial score (nSPS) is 19.6. The highest BCUT2D eigenvalue weighted by atomic mass is 16.5. The molecule has 24 heavy (non-hydrogen) atoms. The van der Waals surface area contributed by atoms with E-state index in [1.807, 2.05) is 12.1 Å². The van der Waals surface area contributed by atoms with Crippen molar-refractivity contribution < 1.29 is 9.84 Å². The van der Waals surface area contributed by atoms with Crippen molar-refractivity contribution in [3.63, 3.8) is 0 Å². The van der Waals surface area contributed by atoms with Gasteiger partial charge in [0.1, 0.15) is 17.6 Å². The summed E-state index contributed by atoms with van der Waals surface area (Å²) >= 11 is 0. The molecule has 0 radical (unpaired) electrons. The lowest BCUT2D eigenvalue weighted by Gasteiger charge is -2.36. The fraction of sp³-hybridized carbons (Fsp3) is 0.368. The molecule has 5 nitrogen and oxygen atoms in total. The number of hydrogen-bond acceptors (Lipinski definition) is 5. The Balaban J connectivity index is 2.09. The number of nitrogens with zero attached hydrogens (tertiary/aromatic N) is 2. The van der Waals surface area contributed by atoms with E-state index in [2.05, 4.69) is 24.9 Å². The van der Waals surface area contributed by atoms with Crippen LogP contribution in [-0.4, -0.2) is 22.3 Å². The number of pyridine rings is 1.